The molecule has 2 aliphatic rings. The van der Waals surface area contributed by atoms with Gasteiger partial charge in [-0.1, -0.05) is 32.9 Å². The standard InChI is InChI=1S/C18H22N2O3/c1-4-18(2,3)12-6-5-11-10-20(17(23)13(11)9-12)14-7-8-15(21)19-16(14)22/h5-6,9,14H,4,7-8,10H2,1-3H3,(H,19,21,22). The summed E-state index contributed by atoms with van der Waals surface area (Å²) in [7, 11) is 0. The van der Waals surface area contributed by atoms with Gasteiger partial charge in [0.05, 0.1) is 0 Å². The van der Waals surface area contributed by atoms with Crippen molar-refractivity contribution < 1.29 is 14.4 Å². The highest BCUT2D eigenvalue weighted by Gasteiger charge is 2.39. The molecule has 1 atom stereocenters. The lowest BCUT2D eigenvalue weighted by atomic mass is 9.81. The van der Waals surface area contributed by atoms with Gasteiger partial charge in [-0.3, -0.25) is 19.7 Å². The number of nitrogens with one attached hydrogen (secondary N) is 1. The Morgan fingerprint density at radius 2 is 2.00 bits per heavy atom. The molecule has 5 nitrogen and oxygen atoms in total. The lowest BCUT2D eigenvalue weighted by Crippen LogP contribution is -2.52. The van der Waals surface area contributed by atoms with Crippen LogP contribution in [0.5, 0.6) is 0 Å². The number of piperidine rings is 1. The first-order valence-electron chi connectivity index (χ1n) is 8.11. The fourth-order valence-corrected chi connectivity index (χ4v) is 3.18. The number of amides is 3. The molecule has 0 spiro atoms. The Morgan fingerprint density at radius 3 is 2.65 bits per heavy atom. The van der Waals surface area contributed by atoms with Gasteiger partial charge in [-0.2, -0.15) is 0 Å². The average molecular weight is 314 g/mol. The third-order valence-electron chi connectivity index (χ3n) is 5.19. The summed E-state index contributed by atoms with van der Waals surface area (Å²) in [6.45, 7) is 6.89. The number of rotatable bonds is 3. The summed E-state index contributed by atoms with van der Waals surface area (Å²) in [5, 5.41) is 2.33. The molecule has 1 aromatic carbocycles. The van der Waals surface area contributed by atoms with E-state index < -0.39 is 6.04 Å². The van der Waals surface area contributed by atoms with E-state index >= 15 is 0 Å². The van der Waals surface area contributed by atoms with Gasteiger partial charge < -0.3 is 4.90 Å². The van der Waals surface area contributed by atoms with Crippen LogP contribution in [0.2, 0.25) is 0 Å². The van der Waals surface area contributed by atoms with Crippen molar-refractivity contribution in [3.05, 3.63) is 34.9 Å². The predicted molar refractivity (Wildman–Crippen MR) is 85.8 cm³/mol. The van der Waals surface area contributed by atoms with Crippen LogP contribution in [0, 0.1) is 0 Å². The molecule has 0 radical (unpaired) electrons. The van der Waals surface area contributed by atoms with Crippen LogP contribution < -0.4 is 5.32 Å². The number of benzene rings is 1. The molecule has 1 N–H and O–H groups in total. The molecule has 3 amide bonds. The third kappa shape index (κ3) is 2.64. The van der Waals surface area contributed by atoms with E-state index in [-0.39, 0.29) is 29.6 Å². The minimum Gasteiger partial charge on any atom is -0.322 e. The van der Waals surface area contributed by atoms with Gasteiger partial charge in [0, 0.05) is 18.5 Å². The number of hydrogen-bond acceptors (Lipinski definition) is 3. The van der Waals surface area contributed by atoms with Crippen LogP contribution in [0.4, 0.5) is 0 Å². The summed E-state index contributed by atoms with van der Waals surface area (Å²) in [4.78, 5) is 37.7. The summed E-state index contributed by atoms with van der Waals surface area (Å²) < 4.78 is 0. The van der Waals surface area contributed by atoms with E-state index in [4.69, 9.17) is 0 Å². The summed E-state index contributed by atoms with van der Waals surface area (Å²) in [5.74, 6) is -0.734. The van der Waals surface area contributed by atoms with Crippen LogP contribution in [0.3, 0.4) is 0 Å². The van der Waals surface area contributed by atoms with Crippen LogP contribution in [0.15, 0.2) is 18.2 Å². The third-order valence-corrected chi connectivity index (χ3v) is 5.19. The van der Waals surface area contributed by atoms with Crippen molar-refractivity contribution in [3.8, 4) is 0 Å². The molecule has 1 unspecified atom stereocenters. The van der Waals surface area contributed by atoms with Gasteiger partial charge in [-0.15, -0.1) is 0 Å². The molecule has 0 aliphatic carbocycles. The average Bonchev–Trinajstić information content (AvgIpc) is 2.84. The maximum Gasteiger partial charge on any atom is 0.255 e. The molecule has 0 aromatic heterocycles. The first kappa shape index (κ1) is 15.7. The van der Waals surface area contributed by atoms with E-state index in [0.29, 0.717) is 18.5 Å². The number of carbonyl (C=O) groups is 3. The van der Waals surface area contributed by atoms with E-state index in [1.54, 1.807) is 4.90 Å². The fraction of sp³-hybridized carbons (Fsp3) is 0.500. The molecule has 1 fully saturated rings. The molecule has 1 aromatic rings. The molecule has 0 saturated carbocycles. The van der Waals surface area contributed by atoms with E-state index in [2.05, 4.69) is 32.2 Å². The topological polar surface area (TPSA) is 66.5 Å². The van der Waals surface area contributed by atoms with E-state index in [1.807, 2.05) is 12.1 Å². The van der Waals surface area contributed by atoms with Crippen molar-refractivity contribution >= 4 is 17.7 Å². The summed E-state index contributed by atoms with van der Waals surface area (Å²) >= 11 is 0. The van der Waals surface area contributed by atoms with Crippen molar-refractivity contribution in [2.75, 3.05) is 0 Å². The molecule has 1 saturated heterocycles. The minimum absolute atomic E-state index is 0.0113. The molecule has 0 bridgehead atoms. The second-order valence-corrected chi connectivity index (χ2v) is 7.01. The Hall–Kier alpha value is -2.17. The monoisotopic (exact) mass is 314 g/mol. The second kappa shape index (κ2) is 5.48. The Kier molecular flexibility index (Phi) is 3.74. The van der Waals surface area contributed by atoms with Crippen LogP contribution in [-0.4, -0.2) is 28.7 Å². The zero-order valence-corrected chi connectivity index (χ0v) is 13.8. The summed E-state index contributed by atoms with van der Waals surface area (Å²) in [6, 6.07) is 5.48. The van der Waals surface area contributed by atoms with Gasteiger partial charge in [0.15, 0.2) is 0 Å². The highest BCUT2D eigenvalue weighted by molar-refractivity contribution is 6.05. The zero-order chi connectivity index (χ0) is 16.8. The van der Waals surface area contributed by atoms with Gasteiger partial charge >= 0.3 is 0 Å². The maximum atomic E-state index is 12.8. The van der Waals surface area contributed by atoms with Crippen LogP contribution in [0.25, 0.3) is 0 Å². The first-order valence-corrected chi connectivity index (χ1v) is 8.11. The number of fused-ring (bicyclic) bond motifs is 1. The Labute approximate surface area is 136 Å². The highest BCUT2D eigenvalue weighted by Crippen LogP contribution is 2.33. The molecular weight excluding hydrogens is 292 g/mol. The first-order chi connectivity index (χ1) is 10.8. The predicted octanol–water partition coefficient (Wildman–Crippen LogP) is 2.14. The van der Waals surface area contributed by atoms with Gasteiger partial charge in [0.1, 0.15) is 6.04 Å². The van der Waals surface area contributed by atoms with Gasteiger partial charge in [-0.25, -0.2) is 0 Å². The lowest BCUT2D eigenvalue weighted by molar-refractivity contribution is -0.136. The Morgan fingerprint density at radius 1 is 1.26 bits per heavy atom. The van der Waals surface area contributed by atoms with Crippen molar-refractivity contribution in [3.63, 3.8) is 0 Å². The Balaban J connectivity index is 1.88. The fourth-order valence-electron chi connectivity index (χ4n) is 3.18. The molecule has 23 heavy (non-hydrogen) atoms. The molecule has 5 heteroatoms. The molecule has 3 rings (SSSR count). The number of hydrogen-bond donors (Lipinski definition) is 1. The van der Waals surface area contributed by atoms with Crippen LogP contribution >= 0.6 is 0 Å². The number of imide groups is 1. The minimum atomic E-state index is -0.546. The maximum absolute atomic E-state index is 12.8. The molecule has 122 valence electrons. The van der Waals surface area contributed by atoms with Crippen molar-refractivity contribution in [1.29, 1.82) is 0 Å². The van der Waals surface area contributed by atoms with Gasteiger partial charge in [0.2, 0.25) is 11.8 Å². The lowest BCUT2D eigenvalue weighted by Gasteiger charge is -2.29. The quantitative estimate of drug-likeness (QED) is 0.869. The molecule has 2 aliphatic heterocycles. The van der Waals surface area contributed by atoms with Crippen LogP contribution in [0.1, 0.15) is 61.5 Å². The molecule has 2 heterocycles. The van der Waals surface area contributed by atoms with Crippen molar-refractivity contribution in [2.24, 2.45) is 0 Å². The van der Waals surface area contributed by atoms with Gasteiger partial charge in [0.25, 0.3) is 5.91 Å². The van der Waals surface area contributed by atoms with Crippen molar-refractivity contribution in [2.45, 2.75) is 58.0 Å². The van der Waals surface area contributed by atoms with E-state index in [0.717, 1.165) is 17.5 Å². The molecular formula is C18H22N2O3. The second-order valence-electron chi connectivity index (χ2n) is 7.01. The number of carbonyl (C=O) groups excluding carboxylic acids is 3. The van der Waals surface area contributed by atoms with Gasteiger partial charge in [-0.05, 0) is 35.4 Å². The van der Waals surface area contributed by atoms with E-state index in [9.17, 15) is 14.4 Å². The SMILES string of the molecule is CCC(C)(C)c1ccc2c(c1)C(=O)N(C1CCC(=O)NC1=O)C2. The summed E-state index contributed by atoms with van der Waals surface area (Å²) in [6.07, 6.45) is 1.67. The normalized spacial score (nSPS) is 21.4. The smallest absolute Gasteiger partial charge is 0.255 e. The highest BCUT2D eigenvalue weighted by atomic mass is 16.2. The van der Waals surface area contributed by atoms with Crippen molar-refractivity contribution in [1.82, 2.24) is 10.2 Å². The zero-order valence-electron chi connectivity index (χ0n) is 13.8. The Bertz CT molecular complexity index is 694. The number of nitrogens with zero attached hydrogens (tertiary/aromatic N) is 1. The summed E-state index contributed by atoms with van der Waals surface area (Å²) in [5.41, 5.74) is 2.79. The largest absolute Gasteiger partial charge is 0.322 e. The van der Waals surface area contributed by atoms with E-state index in [1.165, 1.54) is 0 Å². The van der Waals surface area contributed by atoms with Crippen LogP contribution in [-0.2, 0) is 21.5 Å².